The third-order valence-electron chi connectivity index (χ3n) is 4.99. The molecule has 4 nitrogen and oxygen atoms in total. The quantitative estimate of drug-likeness (QED) is 0.535. The Morgan fingerprint density at radius 1 is 1.04 bits per heavy atom. The maximum Gasteiger partial charge on any atom is 0.162 e. The molecule has 2 aromatic heterocycles. The van der Waals surface area contributed by atoms with E-state index >= 15 is 0 Å². The zero-order chi connectivity index (χ0) is 17.5. The minimum atomic E-state index is 0.411. The molecule has 0 bridgehead atoms. The molecule has 5 heteroatoms. The standard InChI is InChI=1S/C21H18N4S/c1-25-10-16-8-15(21-23-12-22-13-24-21)6-7-17(16)18(11-25)20-9-14-4-2-3-5-19(14)26-20/h2-9,12-13,18H,10-11H2,1H3. The molecule has 5 rings (SSSR count). The Morgan fingerprint density at radius 2 is 1.88 bits per heavy atom. The first kappa shape index (κ1) is 15.6. The first-order valence-corrected chi connectivity index (χ1v) is 9.52. The lowest BCUT2D eigenvalue weighted by molar-refractivity contribution is 0.296. The first-order chi connectivity index (χ1) is 12.8. The Bertz CT molecular complexity index is 1040. The van der Waals surface area contributed by atoms with Gasteiger partial charge in [0.2, 0.25) is 0 Å². The Morgan fingerprint density at radius 3 is 2.73 bits per heavy atom. The number of nitrogens with zero attached hydrogens (tertiary/aromatic N) is 4. The van der Waals surface area contributed by atoms with E-state index in [-0.39, 0.29) is 0 Å². The minimum Gasteiger partial charge on any atom is -0.301 e. The van der Waals surface area contributed by atoms with E-state index < -0.39 is 0 Å². The van der Waals surface area contributed by atoms with Gasteiger partial charge in [0.1, 0.15) is 12.7 Å². The van der Waals surface area contributed by atoms with Crippen LogP contribution in [0.25, 0.3) is 21.5 Å². The molecule has 0 radical (unpaired) electrons. The predicted molar refractivity (Wildman–Crippen MR) is 105 cm³/mol. The van der Waals surface area contributed by atoms with Crippen molar-refractivity contribution in [3.05, 3.63) is 77.2 Å². The molecule has 1 aliphatic heterocycles. The van der Waals surface area contributed by atoms with E-state index in [1.165, 1.54) is 26.1 Å². The molecule has 4 aromatic rings. The van der Waals surface area contributed by atoms with Gasteiger partial charge in [-0.3, -0.25) is 0 Å². The van der Waals surface area contributed by atoms with E-state index in [9.17, 15) is 0 Å². The second-order valence-electron chi connectivity index (χ2n) is 6.81. The number of rotatable bonds is 2. The topological polar surface area (TPSA) is 41.9 Å². The van der Waals surface area contributed by atoms with Crippen LogP contribution in [-0.4, -0.2) is 33.4 Å². The lowest BCUT2D eigenvalue weighted by Gasteiger charge is -2.32. The van der Waals surface area contributed by atoms with Crippen LogP contribution in [-0.2, 0) is 6.54 Å². The molecule has 3 heterocycles. The number of aromatic nitrogens is 3. The second kappa shape index (κ2) is 6.27. The summed E-state index contributed by atoms with van der Waals surface area (Å²) < 4.78 is 1.36. The molecule has 1 atom stereocenters. The second-order valence-corrected chi connectivity index (χ2v) is 7.93. The summed E-state index contributed by atoms with van der Waals surface area (Å²) in [5.41, 5.74) is 3.84. The molecule has 2 aromatic carbocycles. The third kappa shape index (κ3) is 2.69. The number of thiophene rings is 1. The van der Waals surface area contributed by atoms with Crippen LogP contribution in [0.15, 0.2) is 61.2 Å². The summed E-state index contributed by atoms with van der Waals surface area (Å²) in [7, 11) is 2.19. The van der Waals surface area contributed by atoms with E-state index in [1.807, 2.05) is 11.3 Å². The van der Waals surface area contributed by atoms with E-state index in [0.717, 1.165) is 24.5 Å². The number of benzene rings is 2. The van der Waals surface area contributed by atoms with Crippen molar-refractivity contribution in [3.8, 4) is 11.4 Å². The van der Waals surface area contributed by atoms with Gasteiger partial charge in [-0.05, 0) is 41.8 Å². The maximum absolute atomic E-state index is 4.29. The largest absolute Gasteiger partial charge is 0.301 e. The number of hydrogen-bond acceptors (Lipinski definition) is 5. The van der Waals surface area contributed by atoms with Gasteiger partial charge in [0, 0.05) is 34.1 Å². The molecular formula is C21H18N4S. The van der Waals surface area contributed by atoms with Crippen LogP contribution < -0.4 is 0 Å². The van der Waals surface area contributed by atoms with Crippen molar-refractivity contribution < 1.29 is 0 Å². The summed E-state index contributed by atoms with van der Waals surface area (Å²) in [5.74, 6) is 1.14. The van der Waals surface area contributed by atoms with Gasteiger partial charge in [0.15, 0.2) is 5.82 Å². The summed E-state index contributed by atoms with van der Waals surface area (Å²) in [6.07, 6.45) is 3.10. The highest BCUT2D eigenvalue weighted by Gasteiger charge is 2.26. The summed E-state index contributed by atoms with van der Waals surface area (Å²) in [5, 5.41) is 1.34. The van der Waals surface area contributed by atoms with Crippen LogP contribution >= 0.6 is 11.3 Å². The van der Waals surface area contributed by atoms with Gasteiger partial charge in [-0.2, -0.15) is 0 Å². The van der Waals surface area contributed by atoms with Crippen LogP contribution in [0, 0.1) is 0 Å². The highest BCUT2D eigenvalue weighted by atomic mass is 32.1. The van der Waals surface area contributed by atoms with Crippen molar-refractivity contribution in [3.63, 3.8) is 0 Å². The minimum absolute atomic E-state index is 0.411. The maximum atomic E-state index is 4.29. The SMILES string of the molecule is CN1Cc2cc(-c3ncncn3)ccc2C(c2cc3ccccc3s2)C1. The summed E-state index contributed by atoms with van der Waals surface area (Å²) in [4.78, 5) is 16.3. The molecule has 128 valence electrons. The van der Waals surface area contributed by atoms with Gasteiger partial charge in [0.25, 0.3) is 0 Å². The summed E-state index contributed by atoms with van der Waals surface area (Å²) in [6.45, 7) is 2.00. The fraction of sp³-hybridized carbons (Fsp3) is 0.190. The Kier molecular flexibility index (Phi) is 3.76. The molecule has 1 aliphatic rings. The van der Waals surface area contributed by atoms with Crippen LogP contribution in [0.2, 0.25) is 0 Å². The summed E-state index contributed by atoms with van der Waals surface area (Å²) in [6, 6.07) is 17.6. The highest BCUT2D eigenvalue weighted by molar-refractivity contribution is 7.19. The zero-order valence-corrected chi connectivity index (χ0v) is 15.3. The van der Waals surface area contributed by atoms with Crippen molar-refractivity contribution in [1.29, 1.82) is 0 Å². The van der Waals surface area contributed by atoms with Crippen molar-refractivity contribution >= 4 is 21.4 Å². The van der Waals surface area contributed by atoms with Gasteiger partial charge in [0.05, 0.1) is 0 Å². The normalized spacial score (nSPS) is 17.3. The van der Waals surface area contributed by atoms with Crippen LogP contribution in [0.3, 0.4) is 0 Å². The zero-order valence-electron chi connectivity index (χ0n) is 14.5. The molecule has 0 fully saturated rings. The first-order valence-electron chi connectivity index (χ1n) is 8.70. The summed E-state index contributed by atoms with van der Waals surface area (Å²) >= 11 is 1.91. The van der Waals surface area contributed by atoms with Gasteiger partial charge in [-0.1, -0.05) is 30.3 Å². The molecule has 0 saturated heterocycles. The van der Waals surface area contributed by atoms with Crippen molar-refractivity contribution in [2.75, 3.05) is 13.6 Å². The lowest BCUT2D eigenvalue weighted by Crippen LogP contribution is -2.30. The Hall–Kier alpha value is -2.63. The van der Waals surface area contributed by atoms with Crippen molar-refractivity contribution in [1.82, 2.24) is 19.9 Å². The smallest absolute Gasteiger partial charge is 0.162 e. The van der Waals surface area contributed by atoms with Gasteiger partial charge in [-0.25, -0.2) is 15.0 Å². The molecule has 0 saturated carbocycles. The van der Waals surface area contributed by atoms with E-state index in [4.69, 9.17) is 0 Å². The molecule has 0 aliphatic carbocycles. The average Bonchev–Trinajstić information content (AvgIpc) is 3.11. The van der Waals surface area contributed by atoms with Crippen molar-refractivity contribution in [2.24, 2.45) is 0 Å². The number of hydrogen-bond donors (Lipinski definition) is 0. The average molecular weight is 358 g/mol. The molecule has 0 N–H and O–H groups in total. The van der Waals surface area contributed by atoms with Gasteiger partial charge in [-0.15, -0.1) is 11.3 Å². The lowest BCUT2D eigenvalue weighted by atomic mass is 9.87. The Labute approximate surface area is 156 Å². The Balaban J connectivity index is 1.59. The fourth-order valence-corrected chi connectivity index (χ4v) is 4.97. The molecular weight excluding hydrogens is 340 g/mol. The van der Waals surface area contributed by atoms with Crippen LogP contribution in [0.4, 0.5) is 0 Å². The highest BCUT2D eigenvalue weighted by Crippen LogP contribution is 2.39. The van der Waals surface area contributed by atoms with E-state index in [1.54, 1.807) is 12.7 Å². The fourth-order valence-electron chi connectivity index (χ4n) is 3.79. The van der Waals surface area contributed by atoms with E-state index in [0.29, 0.717) is 5.92 Å². The molecule has 0 spiro atoms. The number of likely N-dealkylation sites (N-methyl/N-ethyl adjacent to an activating group) is 1. The van der Waals surface area contributed by atoms with Crippen LogP contribution in [0.1, 0.15) is 21.9 Å². The number of fused-ring (bicyclic) bond motifs is 2. The molecule has 26 heavy (non-hydrogen) atoms. The molecule has 1 unspecified atom stereocenters. The monoisotopic (exact) mass is 358 g/mol. The molecule has 0 amide bonds. The third-order valence-corrected chi connectivity index (χ3v) is 6.22. The van der Waals surface area contributed by atoms with Crippen molar-refractivity contribution in [2.45, 2.75) is 12.5 Å². The van der Waals surface area contributed by atoms with Gasteiger partial charge < -0.3 is 4.90 Å². The van der Waals surface area contributed by atoms with Crippen LogP contribution in [0.5, 0.6) is 0 Å². The predicted octanol–water partition coefficient (Wildman–Crippen LogP) is 4.33. The van der Waals surface area contributed by atoms with Gasteiger partial charge >= 0.3 is 0 Å². The van der Waals surface area contributed by atoms with E-state index in [2.05, 4.69) is 75.4 Å².